The highest BCUT2D eigenvalue weighted by Crippen LogP contribution is 2.29. The number of carbonyl (C=O) groups excluding carboxylic acids is 2. The summed E-state index contributed by atoms with van der Waals surface area (Å²) in [5, 5.41) is 2.81. The van der Waals surface area contributed by atoms with E-state index in [4.69, 9.17) is 23.4 Å². The van der Waals surface area contributed by atoms with Crippen LogP contribution in [-0.2, 0) is 13.2 Å². The molecule has 0 aliphatic heterocycles. The number of amides is 1. The monoisotopic (exact) mass is 529 g/mol. The molecule has 1 aromatic heterocycles. The Kier molecular flexibility index (Phi) is 9.24. The van der Waals surface area contributed by atoms with Crippen molar-refractivity contribution in [1.82, 2.24) is 0 Å². The van der Waals surface area contributed by atoms with Crippen molar-refractivity contribution in [2.24, 2.45) is 0 Å². The fourth-order valence-corrected chi connectivity index (χ4v) is 3.70. The molecule has 4 rings (SSSR count). The lowest BCUT2D eigenvalue weighted by Gasteiger charge is -2.13. The van der Waals surface area contributed by atoms with Crippen molar-refractivity contribution in [2.45, 2.75) is 34.0 Å². The van der Waals surface area contributed by atoms with Gasteiger partial charge in [0.05, 0.1) is 13.2 Å². The summed E-state index contributed by atoms with van der Waals surface area (Å²) in [6.07, 6.45) is 0. The first-order valence-electron chi connectivity index (χ1n) is 12.7. The SMILES string of the molecule is CCOc1ccc(COc2ccc(NC(=O)c3ccc(COc4ccc(C(C)=O)cc4)o3)cc2)cc1OCC. The smallest absolute Gasteiger partial charge is 0.291 e. The van der Waals surface area contributed by atoms with Crippen LogP contribution in [0.5, 0.6) is 23.0 Å². The first-order valence-corrected chi connectivity index (χ1v) is 12.7. The van der Waals surface area contributed by atoms with E-state index < -0.39 is 0 Å². The van der Waals surface area contributed by atoms with Gasteiger partial charge < -0.3 is 28.7 Å². The summed E-state index contributed by atoms with van der Waals surface area (Å²) in [5.74, 6) is 2.94. The lowest BCUT2D eigenvalue weighted by Crippen LogP contribution is -2.10. The molecule has 1 heterocycles. The molecule has 202 valence electrons. The number of furan rings is 1. The topological polar surface area (TPSA) is 96.2 Å². The number of benzene rings is 3. The number of carbonyl (C=O) groups is 2. The van der Waals surface area contributed by atoms with Crippen LogP contribution >= 0.6 is 0 Å². The fraction of sp³-hybridized carbons (Fsp3) is 0.226. The second-order valence-electron chi connectivity index (χ2n) is 8.55. The summed E-state index contributed by atoms with van der Waals surface area (Å²) >= 11 is 0. The van der Waals surface area contributed by atoms with Gasteiger partial charge in [0.15, 0.2) is 23.0 Å². The van der Waals surface area contributed by atoms with Gasteiger partial charge in [-0.2, -0.15) is 0 Å². The van der Waals surface area contributed by atoms with Gasteiger partial charge in [-0.3, -0.25) is 9.59 Å². The molecule has 3 aromatic carbocycles. The molecule has 4 aromatic rings. The van der Waals surface area contributed by atoms with E-state index in [9.17, 15) is 9.59 Å². The Morgan fingerprint density at radius 1 is 0.718 bits per heavy atom. The number of hydrogen-bond acceptors (Lipinski definition) is 7. The Balaban J connectivity index is 1.27. The number of hydrogen-bond donors (Lipinski definition) is 1. The molecule has 0 radical (unpaired) electrons. The van der Waals surface area contributed by atoms with Gasteiger partial charge in [-0.05, 0) is 99.1 Å². The minimum atomic E-state index is -0.376. The predicted molar refractivity (Wildman–Crippen MR) is 147 cm³/mol. The van der Waals surface area contributed by atoms with Crippen LogP contribution in [0.3, 0.4) is 0 Å². The number of ketones is 1. The van der Waals surface area contributed by atoms with E-state index in [-0.39, 0.29) is 24.1 Å². The molecule has 8 heteroatoms. The summed E-state index contributed by atoms with van der Waals surface area (Å²) in [7, 11) is 0. The zero-order valence-corrected chi connectivity index (χ0v) is 22.2. The van der Waals surface area contributed by atoms with Gasteiger partial charge in [0.25, 0.3) is 5.91 Å². The quantitative estimate of drug-likeness (QED) is 0.193. The van der Waals surface area contributed by atoms with Crippen molar-refractivity contribution in [2.75, 3.05) is 18.5 Å². The normalized spacial score (nSPS) is 10.5. The number of ether oxygens (including phenoxy) is 4. The highest BCUT2D eigenvalue weighted by Gasteiger charge is 2.13. The summed E-state index contributed by atoms with van der Waals surface area (Å²) < 4.78 is 28.5. The van der Waals surface area contributed by atoms with Crippen LogP contribution in [-0.4, -0.2) is 24.9 Å². The van der Waals surface area contributed by atoms with Crippen LogP contribution in [0.25, 0.3) is 0 Å². The fourth-order valence-electron chi connectivity index (χ4n) is 3.70. The minimum Gasteiger partial charge on any atom is -0.490 e. The minimum absolute atomic E-state index is 0.00855. The molecular formula is C31H31NO7. The van der Waals surface area contributed by atoms with Gasteiger partial charge >= 0.3 is 0 Å². The average Bonchev–Trinajstić information content (AvgIpc) is 3.43. The molecule has 0 aliphatic rings. The average molecular weight is 530 g/mol. The Morgan fingerprint density at radius 3 is 2.03 bits per heavy atom. The maximum absolute atomic E-state index is 12.6. The summed E-state index contributed by atoms with van der Waals surface area (Å²) in [6.45, 7) is 6.99. The van der Waals surface area contributed by atoms with Gasteiger partial charge in [-0.25, -0.2) is 0 Å². The van der Waals surface area contributed by atoms with Gasteiger partial charge in [0, 0.05) is 11.3 Å². The second kappa shape index (κ2) is 13.2. The van der Waals surface area contributed by atoms with Crippen molar-refractivity contribution in [3.63, 3.8) is 0 Å². The molecule has 0 spiro atoms. The van der Waals surface area contributed by atoms with Crippen LogP contribution < -0.4 is 24.3 Å². The van der Waals surface area contributed by atoms with Gasteiger partial charge in [0.1, 0.15) is 30.5 Å². The van der Waals surface area contributed by atoms with Crippen molar-refractivity contribution in [3.05, 3.63) is 102 Å². The van der Waals surface area contributed by atoms with Crippen molar-refractivity contribution in [3.8, 4) is 23.0 Å². The third-order valence-electron chi connectivity index (χ3n) is 5.65. The number of nitrogens with one attached hydrogen (secondary N) is 1. The molecule has 0 saturated carbocycles. The molecule has 1 amide bonds. The third-order valence-corrected chi connectivity index (χ3v) is 5.65. The van der Waals surface area contributed by atoms with E-state index in [2.05, 4.69) is 5.32 Å². The van der Waals surface area contributed by atoms with Crippen molar-refractivity contribution >= 4 is 17.4 Å². The molecular weight excluding hydrogens is 498 g/mol. The van der Waals surface area contributed by atoms with E-state index in [1.54, 1.807) is 60.7 Å². The van der Waals surface area contributed by atoms with E-state index >= 15 is 0 Å². The molecule has 0 aliphatic carbocycles. The summed E-state index contributed by atoms with van der Waals surface area (Å²) in [6, 6.07) is 22.9. The zero-order valence-electron chi connectivity index (χ0n) is 22.2. The Labute approximate surface area is 227 Å². The van der Waals surface area contributed by atoms with Crippen LogP contribution in [0.1, 0.15) is 53.0 Å². The molecule has 0 bridgehead atoms. The Hall–Kier alpha value is -4.72. The first kappa shape index (κ1) is 27.3. The van der Waals surface area contributed by atoms with Gasteiger partial charge in [-0.15, -0.1) is 0 Å². The maximum Gasteiger partial charge on any atom is 0.291 e. The van der Waals surface area contributed by atoms with E-state index in [1.165, 1.54) is 6.92 Å². The largest absolute Gasteiger partial charge is 0.490 e. The number of rotatable bonds is 13. The highest BCUT2D eigenvalue weighted by molar-refractivity contribution is 6.02. The van der Waals surface area contributed by atoms with E-state index in [0.717, 1.165) is 5.56 Å². The molecule has 0 atom stereocenters. The Morgan fingerprint density at radius 2 is 1.36 bits per heavy atom. The summed E-state index contributed by atoms with van der Waals surface area (Å²) in [4.78, 5) is 24.0. The lowest BCUT2D eigenvalue weighted by atomic mass is 10.1. The molecule has 0 saturated heterocycles. The summed E-state index contributed by atoms with van der Waals surface area (Å²) in [5.41, 5.74) is 2.17. The molecule has 8 nitrogen and oxygen atoms in total. The van der Waals surface area contributed by atoms with Gasteiger partial charge in [0.2, 0.25) is 0 Å². The second-order valence-corrected chi connectivity index (χ2v) is 8.55. The first-order chi connectivity index (χ1) is 18.9. The van der Waals surface area contributed by atoms with Crippen LogP contribution in [0, 0.1) is 0 Å². The molecule has 0 unspecified atom stereocenters. The lowest BCUT2D eigenvalue weighted by molar-refractivity contribution is 0.0990. The molecule has 39 heavy (non-hydrogen) atoms. The van der Waals surface area contributed by atoms with E-state index in [1.807, 2.05) is 32.0 Å². The number of Topliss-reactive ketones (excluding diaryl/α,β-unsaturated/α-hetero) is 1. The van der Waals surface area contributed by atoms with Crippen LogP contribution in [0.2, 0.25) is 0 Å². The number of anilines is 1. The van der Waals surface area contributed by atoms with Crippen molar-refractivity contribution in [1.29, 1.82) is 0 Å². The third kappa shape index (κ3) is 7.64. The zero-order chi connectivity index (χ0) is 27.6. The predicted octanol–water partition coefficient (Wildman–Crippen LogP) is 6.69. The standard InChI is InChI=1S/C31H31NO7/c1-4-35-28-16-6-22(18-30(28)36-5-2)19-37-26-13-9-24(10-14-26)32-31(34)29-17-15-27(39-29)20-38-25-11-7-23(8-12-25)21(3)33/h6-18H,4-5,19-20H2,1-3H3,(H,32,34). The maximum atomic E-state index is 12.6. The Bertz CT molecular complexity index is 1390. The molecule has 0 fully saturated rings. The van der Waals surface area contributed by atoms with E-state index in [0.29, 0.717) is 59.8 Å². The van der Waals surface area contributed by atoms with Gasteiger partial charge in [-0.1, -0.05) is 6.07 Å². The van der Waals surface area contributed by atoms with Crippen LogP contribution in [0.15, 0.2) is 83.3 Å². The molecule has 1 N–H and O–H groups in total. The van der Waals surface area contributed by atoms with Crippen molar-refractivity contribution < 1.29 is 33.0 Å². The highest BCUT2D eigenvalue weighted by atomic mass is 16.5. The van der Waals surface area contributed by atoms with Crippen LogP contribution in [0.4, 0.5) is 5.69 Å².